The molecular weight excluding hydrogens is 394 g/mol. The SMILES string of the molecule is Cc1ccn(C)c1C(=O)NCC(C)C(=O)N[C@@H]1C(=O)N2CCCN2Cc2ccccc21. The van der Waals surface area contributed by atoms with Crippen molar-refractivity contribution in [2.24, 2.45) is 13.0 Å². The van der Waals surface area contributed by atoms with Crippen molar-refractivity contribution in [2.75, 3.05) is 19.6 Å². The molecule has 0 aliphatic carbocycles. The van der Waals surface area contributed by atoms with Gasteiger partial charge in [-0.05, 0) is 36.1 Å². The summed E-state index contributed by atoms with van der Waals surface area (Å²) in [5, 5.41) is 9.60. The van der Waals surface area contributed by atoms with Gasteiger partial charge in [-0.15, -0.1) is 0 Å². The number of carbonyl (C=O) groups is 3. The van der Waals surface area contributed by atoms with Gasteiger partial charge in [0.05, 0.1) is 5.92 Å². The topological polar surface area (TPSA) is 86.7 Å². The van der Waals surface area contributed by atoms with E-state index in [1.807, 2.05) is 50.5 Å². The third-order valence-electron chi connectivity index (χ3n) is 6.14. The van der Waals surface area contributed by atoms with Crippen LogP contribution in [0.5, 0.6) is 0 Å². The van der Waals surface area contributed by atoms with Crippen LogP contribution in [-0.2, 0) is 23.2 Å². The third kappa shape index (κ3) is 4.07. The number of aromatic nitrogens is 1. The Labute approximate surface area is 182 Å². The van der Waals surface area contributed by atoms with Crippen molar-refractivity contribution in [1.29, 1.82) is 0 Å². The molecule has 8 nitrogen and oxygen atoms in total. The van der Waals surface area contributed by atoms with Gasteiger partial charge in [0, 0.05) is 39.4 Å². The molecule has 1 fully saturated rings. The lowest BCUT2D eigenvalue weighted by Gasteiger charge is -2.28. The molecule has 2 aliphatic heterocycles. The Bertz CT molecular complexity index is 995. The van der Waals surface area contributed by atoms with Gasteiger partial charge in [0.25, 0.3) is 11.8 Å². The fourth-order valence-corrected chi connectivity index (χ4v) is 4.36. The Morgan fingerprint density at radius 2 is 1.97 bits per heavy atom. The molecule has 2 aliphatic rings. The Balaban J connectivity index is 1.45. The second-order valence-electron chi connectivity index (χ2n) is 8.41. The first-order valence-electron chi connectivity index (χ1n) is 10.7. The molecular formula is C23H29N5O3. The molecule has 0 saturated carbocycles. The van der Waals surface area contributed by atoms with Crippen LogP contribution < -0.4 is 10.6 Å². The van der Waals surface area contributed by atoms with Crippen LogP contribution in [0.15, 0.2) is 36.5 Å². The summed E-state index contributed by atoms with van der Waals surface area (Å²) in [4.78, 5) is 38.7. The minimum Gasteiger partial charge on any atom is -0.350 e. The normalized spacial score (nSPS) is 19.4. The number of carbonyl (C=O) groups excluding carboxylic acids is 3. The molecule has 31 heavy (non-hydrogen) atoms. The summed E-state index contributed by atoms with van der Waals surface area (Å²) in [7, 11) is 1.81. The van der Waals surface area contributed by atoms with Crippen molar-refractivity contribution >= 4 is 17.7 Å². The molecule has 1 saturated heterocycles. The van der Waals surface area contributed by atoms with Crippen LogP contribution in [0.2, 0.25) is 0 Å². The smallest absolute Gasteiger partial charge is 0.268 e. The number of benzene rings is 1. The summed E-state index contributed by atoms with van der Waals surface area (Å²) in [6.45, 7) is 5.98. The molecule has 4 rings (SSSR count). The van der Waals surface area contributed by atoms with Crippen LogP contribution in [0.3, 0.4) is 0 Å². The number of rotatable bonds is 5. The van der Waals surface area contributed by atoms with Crippen LogP contribution in [0.4, 0.5) is 0 Å². The van der Waals surface area contributed by atoms with Crippen molar-refractivity contribution in [3.63, 3.8) is 0 Å². The van der Waals surface area contributed by atoms with Crippen molar-refractivity contribution in [2.45, 2.75) is 32.9 Å². The van der Waals surface area contributed by atoms with E-state index in [1.165, 1.54) is 0 Å². The standard InChI is InChI=1S/C23H29N5O3/c1-15-9-12-26(3)20(15)22(30)24-13-16(2)21(29)25-19-18-8-5-4-7-17(18)14-27-10-6-11-28(27)23(19)31/h4-5,7-9,12,16,19H,6,10-11,13-14H2,1-3H3,(H,24,30)(H,25,29)/t16?,19-/m0/s1. The fraction of sp³-hybridized carbons (Fsp3) is 0.435. The largest absolute Gasteiger partial charge is 0.350 e. The first-order valence-corrected chi connectivity index (χ1v) is 10.7. The Kier molecular flexibility index (Phi) is 5.82. The highest BCUT2D eigenvalue weighted by molar-refractivity contribution is 5.95. The van der Waals surface area contributed by atoms with Gasteiger partial charge in [0.1, 0.15) is 11.7 Å². The van der Waals surface area contributed by atoms with Gasteiger partial charge in [0.15, 0.2) is 0 Å². The number of hydrazine groups is 1. The van der Waals surface area contributed by atoms with Crippen molar-refractivity contribution in [1.82, 2.24) is 25.2 Å². The van der Waals surface area contributed by atoms with Crippen LogP contribution in [0, 0.1) is 12.8 Å². The summed E-state index contributed by atoms with van der Waals surface area (Å²) in [5.74, 6) is -1.06. The lowest BCUT2D eigenvalue weighted by Crippen LogP contribution is -2.47. The molecule has 1 unspecified atom stereocenters. The summed E-state index contributed by atoms with van der Waals surface area (Å²) >= 11 is 0. The number of aryl methyl sites for hydroxylation is 2. The Morgan fingerprint density at radius 3 is 2.71 bits per heavy atom. The van der Waals surface area contributed by atoms with E-state index in [2.05, 4.69) is 15.6 Å². The zero-order valence-corrected chi connectivity index (χ0v) is 18.2. The number of nitrogens with zero attached hydrogens (tertiary/aromatic N) is 3. The third-order valence-corrected chi connectivity index (χ3v) is 6.14. The molecule has 0 spiro atoms. The van der Waals surface area contributed by atoms with Crippen LogP contribution in [0.25, 0.3) is 0 Å². The first kappa shape index (κ1) is 21.1. The van der Waals surface area contributed by atoms with Gasteiger partial charge in [-0.2, -0.15) is 0 Å². The predicted molar refractivity (Wildman–Crippen MR) is 116 cm³/mol. The average Bonchev–Trinajstić information content (AvgIpc) is 3.33. The van der Waals surface area contributed by atoms with Crippen LogP contribution in [-0.4, -0.2) is 51.9 Å². The molecule has 1 aromatic heterocycles. The lowest BCUT2D eigenvalue weighted by molar-refractivity contribution is -0.148. The average molecular weight is 424 g/mol. The molecule has 1 aromatic carbocycles. The highest BCUT2D eigenvalue weighted by atomic mass is 16.2. The molecule has 2 N–H and O–H groups in total. The zero-order valence-electron chi connectivity index (χ0n) is 18.2. The minimum atomic E-state index is -0.722. The van der Waals surface area contributed by atoms with Gasteiger partial charge < -0.3 is 15.2 Å². The van der Waals surface area contributed by atoms with Crippen molar-refractivity contribution in [3.8, 4) is 0 Å². The van der Waals surface area contributed by atoms with Gasteiger partial charge in [-0.25, -0.2) is 5.01 Å². The highest BCUT2D eigenvalue weighted by Crippen LogP contribution is 2.29. The lowest BCUT2D eigenvalue weighted by atomic mass is 9.99. The summed E-state index contributed by atoms with van der Waals surface area (Å²) < 4.78 is 1.76. The Morgan fingerprint density at radius 1 is 1.19 bits per heavy atom. The molecule has 8 heteroatoms. The number of fused-ring (bicyclic) bond motifs is 2. The molecule has 3 amide bonds. The second-order valence-corrected chi connectivity index (χ2v) is 8.41. The van der Waals surface area contributed by atoms with E-state index in [-0.39, 0.29) is 24.3 Å². The second kappa shape index (κ2) is 8.55. The first-order chi connectivity index (χ1) is 14.9. The van der Waals surface area contributed by atoms with E-state index < -0.39 is 12.0 Å². The fourth-order valence-electron chi connectivity index (χ4n) is 4.36. The van der Waals surface area contributed by atoms with Crippen molar-refractivity contribution < 1.29 is 14.4 Å². The van der Waals surface area contributed by atoms with E-state index in [0.717, 1.165) is 29.7 Å². The molecule has 3 heterocycles. The van der Waals surface area contributed by atoms with Gasteiger partial charge in [-0.3, -0.25) is 19.4 Å². The maximum Gasteiger partial charge on any atom is 0.268 e. The number of hydrogen-bond acceptors (Lipinski definition) is 4. The molecule has 2 atom stereocenters. The van der Waals surface area contributed by atoms with E-state index in [1.54, 1.807) is 16.5 Å². The van der Waals surface area contributed by atoms with Gasteiger partial charge in [0.2, 0.25) is 5.91 Å². The molecule has 2 aromatic rings. The summed E-state index contributed by atoms with van der Waals surface area (Å²) in [6, 6.07) is 8.92. The maximum absolute atomic E-state index is 13.2. The van der Waals surface area contributed by atoms with Crippen molar-refractivity contribution in [3.05, 3.63) is 58.9 Å². The maximum atomic E-state index is 13.2. The number of hydrogen-bond donors (Lipinski definition) is 2. The van der Waals surface area contributed by atoms with Crippen LogP contribution >= 0.6 is 0 Å². The summed E-state index contributed by atoms with van der Waals surface area (Å²) in [6.07, 6.45) is 2.76. The van der Waals surface area contributed by atoms with E-state index in [9.17, 15) is 14.4 Å². The van der Waals surface area contributed by atoms with E-state index in [0.29, 0.717) is 18.8 Å². The van der Waals surface area contributed by atoms with Crippen LogP contribution in [0.1, 0.15) is 46.6 Å². The molecule has 0 bridgehead atoms. The highest BCUT2D eigenvalue weighted by Gasteiger charge is 2.38. The monoisotopic (exact) mass is 423 g/mol. The Hall–Kier alpha value is -3.13. The van der Waals surface area contributed by atoms with E-state index >= 15 is 0 Å². The van der Waals surface area contributed by atoms with Gasteiger partial charge in [-0.1, -0.05) is 31.2 Å². The predicted octanol–water partition coefficient (Wildman–Crippen LogP) is 1.52. The molecule has 0 radical (unpaired) electrons. The number of nitrogens with one attached hydrogen (secondary N) is 2. The zero-order chi connectivity index (χ0) is 22.1. The van der Waals surface area contributed by atoms with E-state index in [4.69, 9.17) is 0 Å². The minimum absolute atomic E-state index is 0.105. The number of amides is 3. The quantitative estimate of drug-likeness (QED) is 0.764. The van der Waals surface area contributed by atoms with Gasteiger partial charge >= 0.3 is 0 Å². The summed E-state index contributed by atoms with van der Waals surface area (Å²) in [5.41, 5.74) is 3.35. The molecule has 164 valence electrons.